The van der Waals surface area contributed by atoms with Gasteiger partial charge in [-0.2, -0.15) is 0 Å². The highest BCUT2D eigenvalue weighted by molar-refractivity contribution is 9.10. The molecule has 1 heterocycles. The third kappa shape index (κ3) is 3.33. The molecule has 0 bridgehead atoms. The van der Waals surface area contributed by atoms with E-state index in [9.17, 15) is 10.1 Å². The summed E-state index contributed by atoms with van der Waals surface area (Å²) in [6, 6.07) is 7.31. The van der Waals surface area contributed by atoms with Crippen molar-refractivity contribution in [2.75, 3.05) is 5.32 Å². The highest BCUT2D eigenvalue weighted by Gasteiger charge is 2.12. The van der Waals surface area contributed by atoms with Crippen LogP contribution < -0.4 is 5.32 Å². The van der Waals surface area contributed by atoms with Crippen molar-refractivity contribution in [3.05, 3.63) is 54.7 Å². The number of benzene rings is 1. The van der Waals surface area contributed by atoms with Gasteiger partial charge in [0.15, 0.2) is 0 Å². The molecule has 4 nitrogen and oxygen atoms in total. The molecule has 6 heteroatoms. The fraction of sp³-hybridized carbons (Fsp3) is 0.231. The third-order valence-corrected chi connectivity index (χ3v) is 4.67. The van der Waals surface area contributed by atoms with Gasteiger partial charge in [-0.25, -0.2) is 0 Å². The van der Waals surface area contributed by atoms with Crippen LogP contribution in [-0.4, -0.2) is 4.92 Å². The van der Waals surface area contributed by atoms with Crippen molar-refractivity contribution in [2.45, 2.75) is 19.9 Å². The van der Waals surface area contributed by atoms with E-state index in [2.05, 4.69) is 34.2 Å². The summed E-state index contributed by atoms with van der Waals surface area (Å²) in [5, 5.41) is 16.1. The zero-order chi connectivity index (χ0) is 14.0. The van der Waals surface area contributed by atoms with Gasteiger partial charge in [-0.15, -0.1) is 11.3 Å². The summed E-state index contributed by atoms with van der Waals surface area (Å²) in [6.45, 7) is 3.81. The number of anilines is 1. The van der Waals surface area contributed by atoms with Gasteiger partial charge in [0.2, 0.25) is 0 Å². The van der Waals surface area contributed by atoms with Crippen LogP contribution in [0.15, 0.2) is 34.1 Å². The molecule has 0 saturated heterocycles. The first-order valence-electron chi connectivity index (χ1n) is 5.73. The second-order valence-corrected chi connectivity index (χ2v) is 6.15. The Balaban J connectivity index is 2.15. The number of halogens is 1. The summed E-state index contributed by atoms with van der Waals surface area (Å²) in [7, 11) is 0. The molecule has 2 aromatic rings. The van der Waals surface area contributed by atoms with Crippen molar-refractivity contribution in [1.29, 1.82) is 0 Å². The molecule has 1 N–H and O–H groups in total. The van der Waals surface area contributed by atoms with Crippen LogP contribution in [0.1, 0.15) is 23.4 Å². The van der Waals surface area contributed by atoms with E-state index in [1.165, 1.54) is 10.9 Å². The van der Waals surface area contributed by atoms with Gasteiger partial charge in [0, 0.05) is 32.0 Å². The maximum absolute atomic E-state index is 10.8. The normalized spacial score (nSPS) is 12.2. The van der Waals surface area contributed by atoms with E-state index in [1.54, 1.807) is 30.4 Å². The highest BCUT2D eigenvalue weighted by atomic mass is 79.9. The van der Waals surface area contributed by atoms with Crippen molar-refractivity contribution in [3.8, 4) is 0 Å². The van der Waals surface area contributed by atoms with Crippen LogP contribution in [0, 0.1) is 17.0 Å². The van der Waals surface area contributed by atoms with Crippen molar-refractivity contribution in [3.63, 3.8) is 0 Å². The molecule has 0 aliphatic rings. The van der Waals surface area contributed by atoms with Crippen LogP contribution in [0.5, 0.6) is 0 Å². The number of thiophene rings is 1. The second-order valence-electron chi connectivity index (χ2n) is 4.29. The van der Waals surface area contributed by atoms with Gasteiger partial charge in [-0.05, 0) is 48.0 Å². The Morgan fingerprint density at radius 1 is 1.42 bits per heavy atom. The number of rotatable bonds is 4. The molecule has 1 aromatic heterocycles. The summed E-state index contributed by atoms with van der Waals surface area (Å²) in [6.07, 6.45) is 0. The number of nitrogens with zero attached hydrogens (tertiary/aromatic N) is 1. The van der Waals surface area contributed by atoms with Crippen molar-refractivity contribution in [1.82, 2.24) is 0 Å². The molecule has 100 valence electrons. The number of aryl methyl sites for hydroxylation is 1. The molecule has 0 saturated carbocycles. The molecule has 1 unspecified atom stereocenters. The Labute approximate surface area is 123 Å². The molecular weight excluding hydrogens is 328 g/mol. The molecule has 0 spiro atoms. The molecule has 1 aromatic carbocycles. The number of nitro groups is 1. The quantitative estimate of drug-likeness (QED) is 0.636. The Bertz CT molecular complexity index is 612. The number of hydrogen-bond acceptors (Lipinski definition) is 4. The topological polar surface area (TPSA) is 55.2 Å². The minimum Gasteiger partial charge on any atom is -0.378 e. The van der Waals surface area contributed by atoms with Crippen LogP contribution >= 0.6 is 27.3 Å². The molecule has 0 aliphatic heterocycles. The second kappa shape index (κ2) is 5.71. The van der Waals surface area contributed by atoms with E-state index in [0.717, 1.165) is 10.2 Å². The molecule has 19 heavy (non-hydrogen) atoms. The first-order chi connectivity index (χ1) is 8.97. The molecule has 0 fully saturated rings. The lowest BCUT2D eigenvalue weighted by molar-refractivity contribution is -0.385. The van der Waals surface area contributed by atoms with Gasteiger partial charge < -0.3 is 5.32 Å². The number of nitro benzene ring substituents is 1. The van der Waals surface area contributed by atoms with E-state index in [-0.39, 0.29) is 16.7 Å². The molecule has 0 radical (unpaired) electrons. The van der Waals surface area contributed by atoms with Gasteiger partial charge in [0.25, 0.3) is 5.69 Å². The number of hydrogen-bond donors (Lipinski definition) is 1. The summed E-state index contributed by atoms with van der Waals surface area (Å²) >= 11 is 5.10. The molecule has 0 amide bonds. The van der Waals surface area contributed by atoms with Gasteiger partial charge in [0.05, 0.1) is 11.0 Å². The van der Waals surface area contributed by atoms with Crippen molar-refractivity contribution in [2.24, 2.45) is 0 Å². The zero-order valence-corrected chi connectivity index (χ0v) is 12.9. The Morgan fingerprint density at radius 2 is 2.16 bits per heavy atom. The Kier molecular flexibility index (Phi) is 4.21. The van der Waals surface area contributed by atoms with Gasteiger partial charge in [-0.1, -0.05) is 0 Å². The third-order valence-electron chi connectivity index (χ3n) is 2.79. The first-order valence-corrected chi connectivity index (χ1v) is 7.40. The summed E-state index contributed by atoms with van der Waals surface area (Å²) < 4.78 is 1.07. The van der Waals surface area contributed by atoms with Crippen LogP contribution in [0.25, 0.3) is 0 Å². The minimum atomic E-state index is -0.362. The van der Waals surface area contributed by atoms with E-state index in [0.29, 0.717) is 5.56 Å². The molecule has 0 aliphatic carbocycles. The zero-order valence-electron chi connectivity index (χ0n) is 10.5. The summed E-state index contributed by atoms with van der Waals surface area (Å²) in [5.74, 6) is 0. The monoisotopic (exact) mass is 340 g/mol. The minimum absolute atomic E-state index is 0.150. The predicted molar refractivity (Wildman–Crippen MR) is 81.9 cm³/mol. The average molecular weight is 341 g/mol. The van der Waals surface area contributed by atoms with E-state index >= 15 is 0 Å². The Morgan fingerprint density at radius 3 is 2.68 bits per heavy atom. The summed E-state index contributed by atoms with van der Waals surface area (Å²) in [5.41, 5.74) is 1.70. The van der Waals surface area contributed by atoms with Crippen molar-refractivity contribution >= 4 is 38.6 Å². The summed E-state index contributed by atoms with van der Waals surface area (Å²) in [4.78, 5) is 11.6. The van der Waals surface area contributed by atoms with E-state index < -0.39 is 0 Å². The Hall–Kier alpha value is -1.40. The van der Waals surface area contributed by atoms with Crippen LogP contribution in [0.3, 0.4) is 0 Å². The van der Waals surface area contributed by atoms with Crippen molar-refractivity contribution < 1.29 is 4.92 Å². The smallest absolute Gasteiger partial charge is 0.272 e. The lowest BCUT2D eigenvalue weighted by Gasteiger charge is -2.14. The standard InChI is InChI=1S/C13H13BrN2O2S/c1-8-5-11(3-4-12(8)16(17)18)15-9(2)13-6-10(14)7-19-13/h3-7,9,15H,1-2H3. The fourth-order valence-corrected chi connectivity index (χ4v) is 3.28. The first kappa shape index (κ1) is 14.0. The SMILES string of the molecule is Cc1cc(NC(C)c2cc(Br)cs2)ccc1[N+](=O)[O-]. The van der Waals surface area contributed by atoms with Crippen LogP contribution in [0.2, 0.25) is 0 Å². The molecule has 2 rings (SSSR count). The van der Waals surface area contributed by atoms with Crippen LogP contribution in [0.4, 0.5) is 11.4 Å². The fourth-order valence-electron chi connectivity index (χ4n) is 1.83. The largest absolute Gasteiger partial charge is 0.378 e. The maximum atomic E-state index is 10.8. The van der Waals surface area contributed by atoms with Gasteiger partial charge >= 0.3 is 0 Å². The number of nitrogens with one attached hydrogen (secondary N) is 1. The van der Waals surface area contributed by atoms with E-state index in [4.69, 9.17) is 0 Å². The van der Waals surface area contributed by atoms with E-state index in [1.807, 2.05) is 5.38 Å². The maximum Gasteiger partial charge on any atom is 0.272 e. The average Bonchev–Trinajstić information content (AvgIpc) is 2.75. The van der Waals surface area contributed by atoms with Gasteiger partial charge in [-0.3, -0.25) is 10.1 Å². The lowest BCUT2D eigenvalue weighted by atomic mass is 10.1. The lowest BCUT2D eigenvalue weighted by Crippen LogP contribution is -2.05. The predicted octanol–water partition coefficient (Wildman–Crippen LogP) is 4.90. The molecular formula is C13H13BrN2O2S. The highest BCUT2D eigenvalue weighted by Crippen LogP contribution is 2.29. The molecule has 1 atom stereocenters. The van der Waals surface area contributed by atoms with Gasteiger partial charge in [0.1, 0.15) is 0 Å². The van der Waals surface area contributed by atoms with Crippen LogP contribution in [-0.2, 0) is 0 Å².